The van der Waals surface area contributed by atoms with Gasteiger partial charge in [-0.15, -0.1) is 6.58 Å². The molecule has 3 heteroatoms. The van der Waals surface area contributed by atoms with Gasteiger partial charge in [0.2, 0.25) is 0 Å². The summed E-state index contributed by atoms with van der Waals surface area (Å²) in [5.74, 6) is -0.249. The van der Waals surface area contributed by atoms with Crippen LogP contribution in [0.4, 0.5) is 0 Å². The third-order valence-electron chi connectivity index (χ3n) is 3.41. The van der Waals surface area contributed by atoms with Crippen molar-refractivity contribution in [3.63, 3.8) is 0 Å². The molecule has 1 saturated carbocycles. The van der Waals surface area contributed by atoms with E-state index >= 15 is 0 Å². The second kappa shape index (κ2) is 5.80. The number of rotatable bonds is 5. The highest BCUT2D eigenvalue weighted by atomic mass is 16.7. The molecule has 1 spiro atoms. The molecule has 0 atom stereocenters. The normalized spacial score (nSPS) is 25.0. The molecule has 2 aliphatic rings. The van der Waals surface area contributed by atoms with Crippen molar-refractivity contribution in [2.75, 3.05) is 19.8 Å². The van der Waals surface area contributed by atoms with Gasteiger partial charge in [-0.25, -0.2) is 0 Å². The standard InChI is InChI=1S/C13H22O3/c1-2-3-4-9-14-12-5-7-13(8-6-12)15-10-11-16-13/h2,12H,1,3-11H2. The topological polar surface area (TPSA) is 27.7 Å². The average Bonchev–Trinajstić information content (AvgIpc) is 2.76. The molecule has 1 aliphatic carbocycles. The summed E-state index contributed by atoms with van der Waals surface area (Å²) < 4.78 is 17.2. The summed E-state index contributed by atoms with van der Waals surface area (Å²) in [4.78, 5) is 0. The fourth-order valence-electron chi connectivity index (χ4n) is 2.46. The second-order valence-corrected chi connectivity index (χ2v) is 4.61. The van der Waals surface area contributed by atoms with Gasteiger partial charge in [0.05, 0.1) is 19.3 Å². The number of allylic oxidation sites excluding steroid dienone is 1. The van der Waals surface area contributed by atoms with E-state index in [1.165, 1.54) is 0 Å². The molecule has 16 heavy (non-hydrogen) atoms. The molecule has 0 radical (unpaired) electrons. The smallest absolute Gasteiger partial charge is 0.168 e. The van der Waals surface area contributed by atoms with Crippen LogP contribution in [0.3, 0.4) is 0 Å². The van der Waals surface area contributed by atoms with Gasteiger partial charge in [-0.05, 0) is 25.7 Å². The summed E-state index contributed by atoms with van der Waals surface area (Å²) in [5.41, 5.74) is 0. The van der Waals surface area contributed by atoms with Crippen molar-refractivity contribution >= 4 is 0 Å². The van der Waals surface area contributed by atoms with Crippen LogP contribution in [0, 0.1) is 0 Å². The summed E-state index contributed by atoms with van der Waals surface area (Å²) >= 11 is 0. The molecule has 1 saturated heterocycles. The molecule has 92 valence electrons. The quantitative estimate of drug-likeness (QED) is 0.533. The van der Waals surface area contributed by atoms with E-state index in [4.69, 9.17) is 14.2 Å². The van der Waals surface area contributed by atoms with E-state index in [9.17, 15) is 0 Å². The summed E-state index contributed by atoms with van der Waals surface area (Å²) in [5, 5.41) is 0. The predicted molar refractivity (Wildman–Crippen MR) is 62.3 cm³/mol. The fraction of sp³-hybridized carbons (Fsp3) is 0.846. The maximum absolute atomic E-state index is 5.83. The van der Waals surface area contributed by atoms with Crippen molar-refractivity contribution in [3.8, 4) is 0 Å². The molecule has 0 unspecified atom stereocenters. The van der Waals surface area contributed by atoms with Crippen molar-refractivity contribution in [3.05, 3.63) is 12.7 Å². The minimum atomic E-state index is -0.249. The Morgan fingerprint density at radius 1 is 1.25 bits per heavy atom. The minimum absolute atomic E-state index is 0.249. The van der Waals surface area contributed by atoms with Crippen LogP contribution in [0.5, 0.6) is 0 Å². The van der Waals surface area contributed by atoms with Gasteiger partial charge in [-0.2, -0.15) is 0 Å². The molecular weight excluding hydrogens is 204 g/mol. The van der Waals surface area contributed by atoms with Gasteiger partial charge in [-0.1, -0.05) is 6.08 Å². The number of hydrogen-bond donors (Lipinski definition) is 0. The Morgan fingerprint density at radius 3 is 2.56 bits per heavy atom. The lowest BCUT2D eigenvalue weighted by Gasteiger charge is -2.35. The van der Waals surface area contributed by atoms with Crippen LogP contribution in [0.1, 0.15) is 38.5 Å². The largest absolute Gasteiger partial charge is 0.378 e. The van der Waals surface area contributed by atoms with Crippen LogP contribution in [-0.4, -0.2) is 31.7 Å². The van der Waals surface area contributed by atoms with Gasteiger partial charge < -0.3 is 14.2 Å². The van der Waals surface area contributed by atoms with E-state index in [1.54, 1.807) is 0 Å². The maximum Gasteiger partial charge on any atom is 0.168 e. The van der Waals surface area contributed by atoms with Crippen molar-refractivity contribution in [1.29, 1.82) is 0 Å². The Morgan fingerprint density at radius 2 is 1.94 bits per heavy atom. The van der Waals surface area contributed by atoms with Gasteiger partial charge in [0, 0.05) is 19.4 Å². The molecule has 0 bridgehead atoms. The third kappa shape index (κ3) is 3.06. The number of unbranched alkanes of at least 4 members (excludes halogenated alkanes) is 1. The first-order valence-corrected chi connectivity index (χ1v) is 6.35. The van der Waals surface area contributed by atoms with Crippen molar-refractivity contribution in [2.24, 2.45) is 0 Å². The van der Waals surface area contributed by atoms with E-state index < -0.39 is 0 Å². The van der Waals surface area contributed by atoms with E-state index in [-0.39, 0.29) is 5.79 Å². The molecule has 3 nitrogen and oxygen atoms in total. The van der Waals surface area contributed by atoms with Crippen molar-refractivity contribution in [2.45, 2.75) is 50.4 Å². The monoisotopic (exact) mass is 226 g/mol. The summed E-state index contributed by atoms with van der Waals surface area (Å²) in [6.07, 6.45) is 8.57. The predicted octanol–water partition coefficient (Wildman–Crippen LogP) is 2.65. The molecule has 2 rings (SSSR count). The van der Waals surface area contributed by atoms with Crippen LogP contribution in [-0.2, 0) is 14.2 Å². The van der Waals surface area contributed by atoms with E-state index in [0.717, 1.165) is 58.3 Å². The molecule has 0 aromatic heterocycles. The van der Waals surface area contributed by atoms with Crippen LogP contribution < -0.4 is 0 Å². The lowest BCUT2D eigenvalue weighted by atomic mass is 9.92. The molecular formula is C13H22O3. The maximum atomic E-state index is 5.83. The molecule has 0 aromatic rings. The van der Waals surface area contributed by atoms with Gasteiger partial charge in [0.25, 0.3) is 0 Å². The lowest BCUT2D eigenvalue weighted by Crippen LogP contribution is -2.37. The van der Waals surface area contributed by atoms with Gasteiger partial charge in [-0.3, -0.25) is 0 Å². The van der Waals surface area contributed by atoms with E-state index in [2.05, 4.69) is 6.58 Å². The molecule has 2 fully saturated rings. The molecule has 0 aromatic carbocycles. The summed E-state index contributed by atoms with van der Waals surface area (Å²) in [7, 11) is 0. The first-order chi connectivity index (χ1) is 7.85. The Balaban J connectivity index is 1.63. The van der Waals surface area contributed by atoms with Crippen LogP contribution in [0.2, 0.25) is 0 Å². The molecule has 0 N–H and O–H groups in total. The first-order valence-electron chi connectivity index (χ1n) is 6.35. The zero-order chi connectivity index (χ0) is 11.3. The van der Waals surface area contributed by atoms with Crippen LogP contribution in [0.25, 0.3) is 0 Å². The van der Waals surface area contributed by atoms with Gasteiger partial charge in [0.15, 0.2) is 5.79 Å². The summed E-state index contributed by atoms with van der Waals surface area (Å²) in [6.45, 7) is 6.07. The van der Waals surface area contributed by atoms with Crippen molar-refractivity contribution < 1.29 is 14.2 Å². The van der Waals surface area contributed by atoms with Crippen LogP contribution in [0.15, 0.2) is 12.7 Å². The highest BCUT2D eigenvalue weighted by Gasteiger charge is 2.40. The minimum Gasteiger partial charge on any atom is -0.378 e. The SMILES string of the molecule is C=CCCCOC1CCC2(CC1)OCCO2. The molecule has 0 amide bonds. The highest BCUT2D eigenvalue weighted by Crippen LogP contribution is 2.36. The van der Waals surface area contributed by atoms with E-state index in [0.29, 0.717) is 6.10 Å². The Hall–Kier alpha value is -0.380. The molecule has 1 aliphatic heterocycles. The zero-order valence-corrected chi connectivity index (χ0v) is 9.95. The number of hydrogen-bond acceptors (Lipinski definition) is 3. The summed E-state index contributed by atoms with van der Waals surface area (Å²) in [6, 6.07) is 0. The Kier molecular flexibility index (Phi) is 4.38. The Bertz CT molecular complexity index is 211. The lowest BCUT2D eigenvalue weighted by molar-refractivity contribution is -0.191. The van der Waals surface area contributed by atoms with Crippen LogP contribution >= 0.6 is 0 Å². The van der Waals surface area contributed by atoms with Crippen molar-refractivity contribution in [1.82, 2.24) is 0 Å². The average molecular weight is 226 g/mol. The van der Waals surface area contributed by atoms with Gasteiger partial charge in [0.1, 0.15) is 0 Å². The first kappa shape index (κ1) is 12.1. The van der Waals surface area contributed by atoms with E-state index in [1.807, 2.05) is 6.08 Å². The second-order valence-electron chi connectivity index (χ2n) is 4.61. The third-order valence-corrected chi connectivity index (χ3v) is 3.41. The zero-order valence-electron chi connectivity index (χ0n) is 9.95. The Labute approximate surface area is 97.8 Å². The highest BCUT2D eigenvalue weighted by molar-refractivity contribution is 4.82. The van der Waals surface area contributed by atoms with Gasteiger partial charge >= 0.3 is 0 Å². The molecule has 1 heterocycles. The number of ether oxygens (including phenoxy) is 3. The fourth-order valence-corrected chi connectivity index (χ4v) is 2.46.